The molecule has 1 N–H and O–H groups in total. The summed E-state index contributed by atoms with van der Waals surface area (Å²) in [5.41, 5.74) is 0.486. The first kappa shape index (κ1) is 19.4. The van der Waals surface area contributed by atoms with E-state index in [1.54, 1.807) is 22.9 Å². The maximum absolute atomic E-state index is 12.6. The lowest BCUT2D eigenvalue weighted by molar-refractivity contribution is -0.122. The van der Waals surface area contributed by atoms with Crippen LogP contribution in [0, 0.1) is 6.92 Å². The normalized spacial score (nSPS) is 16.0. The molecule has 0 saturated carbocycles. The van der Waals surface area contributed by atoms with E-state index in [0.717, 1.165) is 24.6 Å². The van der Waals surface area contributed by atoms with Crippen molar-refractivity contribution in [2.75, 3.05) is 32.8 Å². The lowest BCUT2D eigenvalue weighted by atomic mass is 10.1. The van der Waals surface area contributed by atoms with Crippen molar-refractivity contribution in [1.29, 1.82) is 0 Å². The fraction of sp³-hybridized carbons (Fsp3) is 0.381. The van der Waals surface area contributed by atoms with Gasteiger partial charge in [0.15, 0.2) is 0 Å². The first-order chi connectivity index (χ1) is 14.1. The van der Waals surface area contributed by atoms with Crippen LogP contribution in [0.4, 0.5) is 0 Å². The number of hydrogen-bond acceptors (Lipinski definition) is 6. The van der Waals surface area contributed by atoms with Crippen LogP contribution in [0.3, 0.4) is 0 Å². The molecule has 1 aromatic carbocycles. The lowest BCUT2D eigenvalue weighted by Gasteiger charge is -2.33. The van der Waals surface area contributed by atoms with Crippen LogP contribution in [0.1, 0.15) is 17.6 Å². The summed E-state index contributed by atoms with van der Waals surface area (Å²) in [6, 6.07) is 11.0. The van der Waals surface area contributed by atoms with Crippen LogP contribution in [0.5, 0.6) is 0 Å². The third-order valence-corrected chi connectivity index (χ3v) is 5.12. The summed E-state index contributed by atoms with van der Waals surface area (Å²) in [6.45, 7) is 5.26. The van der Waals surface area contributed by atoms with E-state index in [4.69, 9.17) is 9.15 Å². The summed E-state index contributed by atoms with van der Waals surface area (Å²) in [5, 5.41) is 7.67. The summed E-state index contributed by atoms with van der Waals surface area (Å²) in [5.74, 6) is 1.50. The molecule has 3 aromatic rings. The minimum Gasteiger partial charge on any atom is -0.465 e. The molecule has 8 nitrogen and oxygen atoms in total. The van der Waals surface area contributed by atoms with Gasteiger partial charge in [-0.1, -0.05) is 12.1 Å². The van der Waals surface area contributed by atoms with Gasteiger partial charge in [-0.15, -0.1) is 0 Å². The molecule has 0 aliphatic carbocycles. The smallest absolute Gasteiger partial charge is 0.241 e. The minimum atomic E-state index is -0.173. The largest absolute Gasteiger partial charge is 0.465 e. The van der Waals surface area contributed by atoms with E-state index in [9.17, 15) is 9.59 Å². The van der Waals surface area contributed by atoms with Gasteiger partial charge in [0.2, 0.25) is 11.3 Å². The average molecular weight is 396 g/mol. The molecule has 1 aliphatic heterocycles. The molecular formula is C21H24N4O4. The summed E-state index contributed by atoms with van der Waals surface area (Å²) in [4.78, 5) is 26.9. The molecule has 1 unspecified atom stereocenters. The number of benzene rings is 1. The second kappa shape index (κ2) is 8.59. The number of fused-ring (bicyclic) bond motifs is 1. The summed E-state index contributed by atoms with van der Waals surface area (Å²) >= 11 is 0. The van der Waals surface area contributed by atoms with Gasteiger partial charge in [0.25, 0.3) is 0 Å². The van der Waals surface area contributed by atoms with Crippen LogP contribution < -0.4 is 10.7 Å². The lowest BCUT2D eigenvalue weighted by Crippen LogP contribution is -2.44. The molecule has 0 spiro atoms. The number of nitrogens with zero attached hydrogens (tertiary/aromatic N) is 3. The molecule has 0 bridgehead atoms. The Labute approximate surface area is 168 Å². The fourth-order valence-corrected chi connectivity index (χ4v) is 3.62. The Kier molecular flexibility index (Phi) is 5.73. The highest BCUT2D eigenvalue weighted by Gasteiger charge is 2.25. The average Bonchev–Trinajstić information content (AvgIpc) is 3.17. The Morgan fingerprint density at radius 3 is 2.76 bits per heavy atom. The molecule has 1 aliphatic rings. The van der Waals surface area contributed by atoms with Crippen molar-refractivity contribution in [1.82, 2.24) is 20.0 Å². The van der Waals surface area contributed by atoms with Gasteiger partial charge in [-0.2, -0.15) is 5.10 Å². The van der Waals surface area contributed by atoms with Crippen LogP contribution in [-0.4, -0.2) is 53.4 Å². The van der Waals surface area contributed by atoms with Gasteiger partial charge in [0, 0.05) is 25.0 Å². The third kappa shape index (κ3) is 4.38. The first-order valence-electron chi connectivity index (χ1n) is 9.71. The molecular weight excluding hydrogens is 372 g/mol. The third-order valence-electron chi connectivity index (χ3n) is 5.12. The molecule has 0 radical (unpaired) electrons. The maximum atomic E-state index is 12.6. The van der Waals surface area contributed by atoms with Crippen molar-refractivity contribution in [3.05, 3.63) is 64.3 Å². The highest BCUT2D eigenvalue weighted by atomic mass is 16.5. The van der Waals surface area contributed by atoms with E-state index in [-0.39, 0.29) is 23.9 Å². The topological polar surface area (TPSA) is 89.6 Å². The van der Waals surface area contributed by atoms with Gasteiger partial charge < -0.3 is 14.5 Å². The van der Waals surface area contributed by atoms with E-state index >= 15 is 0 Å². The van der Waals surface area contributed by atoms with Gasteiger partial charge >= 0.3 is 0 Å². The molecule has 8 heteroatoms. The van der Waals surface area contributed by atoms with Crippen LogP contribution >= 0.6 is 0 Å². The van der Waals surface area contributed by atoms with Crippen LogP contribution in [0.15, 0.2) is 51.8 Å². The quantitative estimate of drug-likeness (QED) is 0.679. The number of hydrogen-bond donors (Lipinski definition) is 1. The van der Waals surface area contributed by atoms with E-state index < -0.39 is 0 Å². The SMILES string of the molecule is Cc1ccc(C(CNC(=O)Cn2ncc(=O)c3ccccc32)N2CCOCC2)o1. The summed E-state index contributed by atoms with van der Waals surface area (Å²) in [7, 11) is 0. The predicted octanol–water partition coefficient (Wildman–Crippen LogP) is 1.49. The van der Waals surface area contributed by atoms with Gasteiger partial charge in [-0.05, 0) is 31.2 Å². The fourth-order valence-electron chi connectivity index (χ4n) is 3.62. The van der Waals surface area contributed by atoms with Crippen molar-refractivity contribution in [2.45, 2.75) is 19.5 Å². The van der Waals surface area contributed by atoms with E-state index in [1.807, 2.05) is 25.1 Å². The number of carbonyl (C=O) groups excluding carboxylic acids is 1. The molecule has 1 fully saturated rings. The van der Waals surface area contributed by atoms with Crippen LogP contribution in [0.2, 0.25) is 0 Å². The molecule has 2 aromatic heterocycles. The van der Waals surface area contributed by atoms with Gasteiger partial charge in [0.1, 0.15) is 18.1 Å². The van der Waals surface area contributed by atoms with Gasteiger partial charge in [-0.25, -0.2) is 0 Å². The minimum absolute atomic E-state index is 0.0355. The number of aromatic nitrogens is 2. The second-order valence-corrected chi connectivity index (χ2v) is 7.10. The number of para-hydroxylation sites is 1. The van der Waals surface area contributed by atoms with Crippen LogP contribution in [0.25, 0.3) is 10.9 Å². The highest BCUT2D eigenvalue weighted by Crippen LogP contribution is 2.23. The zero-order valence-corrected chi connectivity index (χ0v) is 16.3. The summed E-state index contributed by atoms with van der Waals surface area (Å²) in [6.07, 6.45) is 1.25. The molecule has 1 atom stereocenters. The number of aryl methyl sites for hydroxylation is 1. The summed E-state index contributed by atoms with van der Waals surface area (Å²) < 4.78 is 12.8. The highest BCUT2D eigenvalue weighted by molar-refractivity contribution is 5.81. The van der Waals surface area contributed by atoms with E-state index in [2.05, 4.69) is 15.3 Å². The zero-order valence-electron chi connectivity index (χ0n) is 16.3. The Balaban J connectivity index is 1.47. The maximum Gasteiger partial charge on any atom is 0.241 e. The monoisotopic (exact) mass is 396 g/mol. The van der Waals surface area contributed by atoms with Crippen molar-refractivity contribution in [2.24, 2.45) is 0 Å². The van der Waals surface area contributed by atoms with E-state index in [1.165, 1.54) is 6.20 Å². The Hall–Kier alpha value is -2.97. The van der Waals surface area contributed by atoms with Crippen molar-refractivity contribution >= 4 is 16.8 Å². The number of furan rings is 1. The van der Waals surface area contributed by atoms with Crippen molar-refractivity contribution in [3.63, 3.8) is 0 Å². The second-order valence-electron chi connectivity index (χ2n) is 7.10. The molecule has 4 rings (SSSR count). The van der Waals surface area contributed by atoms with E-state index in [0.29, 0.717) is 30.7 Å². The number of rotatable bonds is 6. The molecule has 1 saturated heterocycles. The molecule has 29 heavy (non-hydrogen) atoms. The Morgan fingerprint density at radius 1 is 1.21 bits per heavy atom. The number of amides is 1. The number of ether oxygens (including phenoxy) is 1. The number of nitrogens with one attached hydrogen (secondary N) is 1. The number of morpholine rings is 1. The molecule has 152 valence electrons. The van der Waals surface area contributed by atoms with Gasteiger partial charge in [-0.3, -0.25) is 19.2 Å². The Morgan fingerprint density at radius 2 is 2.00 bits per heavy atom. The van der Waals surface area contributed by atoms with Gasteiger partial charge in [0.05, 0.1) is 31.0 Å². The predicted molar refractivity (Wildman–Crippen MR) is 108 cm³/mol. The van der Waals surface area contributed by atoms with Crippen molar-refractivity contribution < 1.29 is 13.9 Å². The van der Waals surface area contributed by atoms with Crippen LogP contribution in [-0.2, 0) is 16.1 Å². The first-order valence-corrected chi connectivity index (χ1v) is 9.71. The molecule has 1 amide bonds. The standard InChI is InChI=1S/C21H24N4O4/c1-15-6-7-20(29-15)18(24-8-10-28-11-9-24)12-22-21(27)14-25-17-5-3-2-4-16(17)19(26)13-23-25/h2-7,13,18H,8-12,14H2,1H3,(H,22,27). The van der Waals surface area contributed by atoms with Crippen molar-refractivity contribution in [3.8, 4) is 0 Å². The Bertz CT molecular complexity index is 1050. The molecule has 3 heterocycles. The zero-order chi connectivity index (χ0) is 20.2. The number of carbonyl (C=O) groups is 1.